The highest BCUT2D eigenvalue weighted by molar-refractivity contribution is 7.91. The first-order valence-corrected chi connectivity index (χ1v) is 18.2. The number of carbonyl (C=O) groups excluding carboxylic acids is 2. The number of aromatic amines is 1. The van der Waals surface area contributed by atoms with Crippen molar-refractivity contribution in [2.75, 3.05) is 0 Å². The van der Waals surface area contributed by atoms with Crippen LogP contribution in [-0.2, 0) is 33.7 Å². The van der Waals surface area contributed by atoms with Crippen LogP contribution >= 0.6 is 11.6 Å². The number of H-pyrrole nitrogens is 1. The molecule has 0 saturated heterocycles. The van der Waals surface area contributed by atoms with E-state index in [1.54, 1.807) is 6.07 Å². The molecule has 2 aromatic carbocycles. The Kier molecular flexibility index (Phi) is 8.32. The molecule has 8 rings (SSSR count). The third-order valence-electron chi connectivity index (χ3n) is 9.66. The number of carbonyl (C=O) groups is 2. The summed E-state index contributed by atoms with van der Waals surface area (Å²) in [7, 11) is -3.96. The molecule has 53 heavy (non-hydrogen) atoms. The molecule has 19 heteroatoms. The summed E-state index contributed by atoms with van der Waals surface area (Å²) in [5.41, 5.74) is -0.772. The predicted octanol–water partition coefficient (Wildman–Crippen LogP) is 6.22. The zero-order chi connectivity index (χ0) is 37.6. The highest BCUT2D eigenvalue weighted by Gasteiger charge is 2.67. The van der Waals surface area contributed by atoms with E-state index >= 15 is 8.78 Å². The number of alkyl halides is 4. The van der Waals surface area contributed by atoms with Crippen LogP contribution in [0.5, 0.6) is 0 Å². The quantitative estimate of drug-likeness (QED) is 0.135. The van der Waals surface area contributed by atoms with Gasteiger partial charge in [0.05, 0.1) is 39.3 Å². The first-order valence-electron chi connectivity index (χ1n) is 16.3. The molecular formula is C34H26ClF6N7O4S. The standard InChI is InChI=1S/C34H26ClF6N7O4S/c35-23-4-1-15(8-21(23)33(50)47-53(51,52)18-2-3-18)19-11-24-26(12-42-45-24)44-29(19)25(7-14-5-16(36)9-17(37)6-14)43-27(49)13-48-31-28(30(46-48)32(38)39)20-10-22(20)34(31,40)41/h1,4-6,8-9,11-12,18,20,22,25,32H,2-3,7,10,13H2,(H,42,45)(H,43,49)(H,47,50)/t20-,22+,25-/m0/s1. The average molecular weight is 778 g/mol. The van der Waals surface area contributed by atoms with Gasteiger partial charge in [-0.15, -0.1) is 0 Å². The highest BCUT2D eigenvalue weighted by Crippen LogP contribution is 2.68. The Morgan fingerprint density at radius 3 is 2.49 bits per heavy atom. The van der Waals surface area contributed by atoms with Crippen molar-refractivity contribution in [2.45, 2.75) is 61.8 Å². The Morgan fingerprint density at radius 2 is 1.79 bits per heavy atom. The van der Waals surface area contributed by atoms with Crippen molar-refractivity contribution in [3.63, 3.8) is 0 Å². The number of rotatable bonds is 11. The molecule has 3 aromatic heterocycles. The van der Waals surface area contributed by atoms with Crippen LogP contribution in [0.1, 0.15) is 76.2 Å². The maximum atomic E-state index is 15.3. The zero-order valence-corrected chi connectivity index (χ0v) is 28.6. The highest BCUT2D eigenvalue weighted by atomic mass is 35.5. The lowest BCUT2D eigenvalue weighted by Gasteiger charge is -2.23. The van der Waals surface area contributed by atoms with Gasteiger partial charge in [0.1, 0.15) is 35.1 Å². The Labute approximate surface area is 301 Å². The monoisotopic (exact) mass is 777 g/mol. The van der Waals surface area contributed by atoms with Gasteiger partial charge in [0, 0.05) is 23.1 Å². The molecule has 276 valence electrons. The Bertz CT molecular complexity index is 2430. The number of halogens is 7. The van der Waals surface area contributed by atoms with Crippen LogP contribution in [0.4, 0.5) is 26.3 Å². The number of amides is 2. The fourth-order valence-corrected chi connectivity index (χ4v) is 8.53. The van der Waals surface area contributed by atoms with Gasteiger partial charge in [0.25, 0.3) is 18.3 Å². The third-order valence-corrected chi connectivity index (χ3v) is 11.8. The molecule has 0 bridgehead atoms. The minimum Gasteiger partial charge on any atom is -0.346 e. The van der Waals surface area contributed by atoms with Gasteiger partial charge in [0.2, 0.25) is 15.9 Å². The number of nitrogens with zero attached hydrogens (tertiary/aromatic N) is 4. The fourth-order valence-electron chi connectivity index (χ4n) is 7.04. The molecule has 0 aliphatic heterocycles. The Balaban J connectivity index is 1.19. The molecule has 3 heterocycles. The number of pyridine rings is 1. The van der Waals surface area contributed by atoms with Gasteiger partial charge in [-0.2, -0.15) is 19.0 Å². The molecule has 5 aromatic rings. The van der Waals surface area contributed by atoms with Crippen molar-refractivity contribution in [1.29, 1.82) is 0 Å². The van der Waals surface area contributed by atoms with E-state index in [9.17, 15) is 35.6 Å². The number of benzene rings is 2. The summed E-state index contributed by atoms with van der Waals surface area (Å²) in [5.74, 6) is -9.25. The molecule has 2 fully saturated rings. The van der Waals surface area contributed by atoms with Gasteiger partial charge in [0.15, 0.2) is 0 Å². The van der Waals surface area contributed by atoms with Crippen molar-refractivity contribution in [3.8, 4) is 11.1 Å². The second-order valence-electron chi connectivity index (χ2n) is 13.4. The van der Waals surface area contributed by atoms with Gasteiger partial charge in [-0.25, -0.2) is 35.7 Å². The minimum atomic E-state index is -3.96. The van der Waals surface area contributed by atoms with Gasteiger partial charge >= 0.3 is 0 Å². The van der Waals surface area contributed by atoms with Crippen molar-refractivity contribution in [2.24, 2.45) is 5.92 Å². The summed E-state index contributed by atoms with van der Waals surface area (Å²) in [5, 5.41) is 12.3. The average Bonchev–Trinajstić information content (AvgIpc) is 3.99. The normalized spacial score (nSPS) is 19.2. The molecule has 0 spiro atoms. The van der Waals surface area contributed by atoms with E-state index in [1.807, 2.05) is 4.72 Å². The Hall–Kier alpha value is -4.97. The van der Waals surface area contributed by atoms with E-state index in [1.165, 1.54) is 24.4 Å². The summed E-state index contributed by atoms with van der Waals surface area (Å²) in [4.78, 5) is 31.5. The molecular weight excluding hydrogens is 752 g/mol. The van der Waals surface area contributed by atoms with Gasteiger partial charge < -0.3 is 5.32 Å². The van der Waals surface area contributed by atoms with Crippen molar-refractivity contribution in [1.82, 2.24) is 35.0 Å². The lowest BCUT2D eigenvalue weighted by Crippen LogP contribution is -2.35. The zero-order valence-electron chi connectivity index (χ0n) is 27.0. The third kappa shape index (κ3) is 6.40. The van der Waals surface area contributed by atoms with Crippen LogP contribution in [0.15, 0.2) is 48.7 Å². The summed E-state index contributed by atoms with van der Waals surface area (Å²) in [6.45, 7) is -0.901. The number of hydrogen-bond acceptors (Lipinski definition) is 7. The topological polar surface area (TPSA) is 152 Å². The molecule has 0 unspecified atom stereocenters. The van der Waals surface area contributed by atoms with E-state index < -0.39 is 86.9 Å². The van der Waals surface area contributed by atoms with Gasteiger partial charge in [-0.05, 0) is 73.1 Å². The van der Waals surface area contributed by atoms with Crippen LogP contribution in [0, 0.1) is 17.6 Å². The number of nitrogens with one attached hydrogen (secondary N) is 3. The molecule has 2 saturated carbocycles. The molecule has 3 N–H and O–H groups in total. The van der Waals surface area contributed by atoms with Crippen molar-refractivity contribution < 1.29 is 44.3 Å². The smallest absolute Gasteiger partial charge is 0.293 e. The molecule has 3 aliphatic carbocycles. The SMILES string of the molecule is O=C(Cn1nc(C(F)F)c2c1C(F)(F)[C@@H]1C[C@H]21)N[C@@H](Cc1cc(F)cc(F)c1)c1nc2cn[nH]c2cc1-c1ccc(Cl)c(C(=O)NS(=O)(=O)C2CC2)c1. The van der Waals surface area contributed by atoms with Crippen LogP contribution in [0.3, 0.4) is 0 Å². The summed E-state index contributed by atoms with van der Waals surface area (Å²) in [6, 6.07) is 7.11. The van der Waals surface area contributed by atoms with E-state index in [2.05, 4.69) is 25.6 Å². The van der Waals surface area contributed by atoms with Crippen LogP contribution in [0.2, 0.25) is 5.02 Å². The Morgan fingerprint density at radius 1 is 1.06 bits per heavy atom. The van der Waals surface area contributed by atoms with E-state index in [4.69, 9.17) is 11.6 Å². The largest absolute Gasteiger partial charge is 0.346 e. The van der Waals surface area contributed by atoms with Crippen LogP contribution in [0.25, 0.3) is 22.2 Å². The van der Waals surface area contributed by atoms with Gasteiger partial charge in [-0.1, -0.05) is 17.7 Å². The molecule has 3 aliphatic rings. The van der Waals surface area contributed by atoms with Crippen molar-refractivity contribution >= 4 is 44.5 Å². The molecule has 2 amide bonds. The molecule has 0 radical (unpaired) electrons. The first-order chi connectivity index (χ1) is 25.1. The maximum absolute atomic E-state index is 15.3. The van der Waals surface area contributed by atoms with E-state index in [0.29, 0.717) is 29.1 Å². The predicted molar refractivity (Wildman–Crippen MR) is 177 cm³/mol. The minimum absolute atomic E-state index is 0.0270. The number of sulfonamides is 1. The molecule has 3 atom stereocenters. The first kappa shape index (κ1) is 35.1. The number of hydrogen-bond donors (Lipinski definition) is 3. The van der Waals surface area contributed by atoms with Crippen LogP contribution < -0.4 is 10.0 Å². The van der Waals surface area contributed by atoms with E-state index in [0.717, 1.165) is 12.1 Å². The lowest BCUT2D eigenvalue weighted by molar-refractivity contribution is -0.123. The van der Waals surface area contributed by atoms with E-state index in [-0.39, 0.29) is 56.9 Å². The lowest BCUT2D eigenvalue weighted by atomic mass is 9.94. The summed E-state index contributed by atoms with van der Waals surface area (Å²) >= 11 is 6.33. The number of fused-ring (bicyclic) bond motifs is 4. The van der Waals surface area contributed by atoms with Crippen LogP contribution in [-0.4, -0.2) is 50.4 Å². The fraction of sp³-hybridized carbons (Fsp3) is 0.324. The summed E-state index contributed by atoms with van der Waals surface area (Å²) in [6.07, 6.45) is -1.29. The van der Waals surface area contributed by atoms with Gasteiger partial charge in [-0.3, -0.25) is 19.4 Å². The number of aromatic nitrogens is 5. The van der Waals surface area contributed by atoms with Crippen molar-refractivity contribution in [3.05, 3.63) is 99.1 Å². The maximum Gasteiger partial charge on any atom is 0.293 e. The second-order valence-corrected chi connectivity index (χ2v) is 15.7. The summed E-state index contributed by atoms with van der Waals surface area (Å²) < 4.78 is 115. The molecule has 11 nitrogen and oxygen atoms in total. The second kappa shape index (κ2) is 12.6.